The van der Waals surface area contributed by atoms with Gasteiger partial charge in [-0.1, -0.05) is 0 Å². The number of anilines is 1. The first-order chi connectivity index (χ1) is 4.88. The average Bonchev–Trinajstić information content (AvgIpc) is 2.36. The van der Waals surface area contributed by atoms with Crippen LogP contribution < -0.4 is 5.32 Å². The van der Waals surface area contributed by atoms with Crippen molar-refractivity contribution in [2.75, 3.05) is 5.32 Å². The Morgan fingerprint density at radius 2 is 2.40 bits per heavy atom. The number of aromatic nitrogens is 2. The lowest BCUT2D eigenvalue weighted by Crippen LogP contribution is -1.90. The Kier molecular flexibility index (Phi) is 1.03. The van der Waals surface area contributed by atoms with E-state index in [2.05, 4.69) is 26.6 Å². The van der Waals surface area contributed by atoms with Crippen LogP contribution in [-0.2, 0) is 0 Å². The van der Waals surface area contributed by atoms with Crippen LogP contribution in [-0.4, -0.2) is 16.3 Å². The summed E-state index contributed by atoms with van der Waals surface area (Å²) < 4.78 is 0. The Morgan fingerprint density at radius 3 is 3.20 bits per heavy atom. The molecule has 0 saturated heterocycles. The lowest BCUT2D eigenvalue weighted by molar-refractivity contribution is 1.17. The number of hydrogen-bond donors (Lipinski definition) is 1. The molecule has 48 valence electrons. The summed E-state index contributed by atoms with van der Waals surface area (Å²) in [5, 5.41) is 3.07. The normalized spacial score (nSPS) is 12.1. The van der Waals surface area contributed by atoms with Gasteiger partial charge in [-0.3, -0.25) is 0 Å². The van der Waals surface area contributed by atoms with Crippen LogP contribution in [0.4, 0.5) is 11.5 Å². The molecule has 1 aliphatic heterocycles. The minimum Gasteiger partial charge on any atom is -0.206 e. The van der Waals surface area contributed by atoms with Gasteiger partial charge in [-0.15, -0.1) is 4.98 Å². The third-order valence-electron chi connectivity index (χ3n) is 1.12. The van der Waals surface area contributed by atoms with Crippen LogP contribution in [0.2, 0.25) is 5.15 Å². The third-order valence-corrected chi connectivity index (χ3v) is 1.41. The maximum atomic E-state index is 5.66. The van der Waals surface area contributed by atoms with Crippen LogP contribution in [0.25, 0.3) is 0 Å². The lowest BCUT2D eigenvalue weighted by atomic mass is 10.5. The molecular weight excluding hydrogens is 152 g/mol. The van der Waals surface area contributed by atoms with Gasteiger partial charge in [0.15, 0.2) is 0 Å². The molecule has 4 nitrogen and oxygen atoms in total. The predicted octanol–water partition coefficient (Wildman–Crippen LogP) is 1.09. The zero-order chi connectivity index (χ0) is 6.97. The Hall–Kier alpha value is -1.25. The molecule has 5 heteroatoms. The molecule has 0 amide bonds. The van der Waals surface area contributed by atoms with Gasteiger partial charge >= 0.3 is 5.82 Å². The Bertz CT molecular complexity index is 296. The standard InChI is InChI=1S/C5H2ClN4/c6-4-3-5(9-1-7-3)10-2-8-4/h2H,(H,7,8,9,10)/q+1. The molecule has 1 aliphatic rings. The first kappa shape index (κ1) is 5.53. The van der Waals surface area contributed by atoms with E-state index in [1.165, 1.54) is 6.33 Å². The predicted molar refractivity (Wildman–Crippen MR) is 37.8 cm³/mol. The molecule has 0 aromatic carbocycles. The summed E-state index contributed by atoms with van der Waals surface area (Å²) in [6.45, 7) is 0. The van der Waals surface area contributed by atoms with E-state index in [1.54, 1.807) is 0 Å². The number of nitrogens with zero attached hydrogens (tertiary/aromatic N) is 3. The van der Waals surface area contributed by atoms with Gasteiger partial charge in [-0.25, -0.2) is 4.98 Å². The molecule has 2 rings (SSSR count). The third kappa shape index (κ3) is 0.635. The fourth-order valence-electron chi connectivity index (χ4n) is 0.685. The number of hydrogen-bond acceptors (Lipinski definition) is 4. The maximum absolute atomic E-state index is 5.66. The second kappa shape index (κ2) is 1.87. The van der Waals surface area contributed by atoms with E-state index in [4.69, 9.17) is 11.6 Å². The van der Waals surface area contributed by atoms with Gasteiger partial charge in [-0.2, -0.15) is 5.32 Å². The second-order valence-electron chi connectivity index (χ2n) is 1.71. The van der Waals surface area contributed by atoms with Gasteiger partial charge in [0.2, 0.25) is 5.15 Å². The number of nitrogens with one attached hydrogen (secondary N) is 1. The minimum atomic E-state index is 0.374. The van der Waals surface area contributed by atoms with Crippen molar-refractivity contribution in [2.24, 2.45) is 4.99 Å². The van der Waals surface area contributed by atoms with Crippen molar-refractivity contribution in [3.63, 3.8) is 0 Å². The zero-order valence-corrected chi connectivity index (χ0v) is 5.55. The fourth-order valence-corrected chi connectivity index (χ4v) is 0.860. The Morgan fingerprint density at radius 1 is 1.50 bits per heavy atom. The van der Waals surface area contributed by atoms with Crippen molar-refractivity contribution in [2.45, 2.75) is 0 Å². The lowest BCUT2D eigenvalue weighted by Gasteiger charge is -1.85. The summed E-state index contributed by atoms with van der Waals surface area (Å²) in [6, 6.07) is 0. The number of halogens is 1. The Balaban J connectivity index is 2.66. The largest absolute Gasteiger partial charge is 0.344 e. The first-order valence-electron chi connectivity index (χ1n) is 2.60. The van der Waals surface area contributed by atoms with Crippen molar-refractivity contribution >= 4 is 29.4 Å². The highest BCUT2D eigenvalue weighted by Crippen LogP contribution is 2.30. The molecule has 0 bridgehead atoms. The Labute approximate surface area is 62.0 Å². The maximum Gasteiger partial charge on any atom is 0.344 e. The van der Waals surface area contributed by atoms with E-state index in [1.807, 2.05) is 0 Å². The summed E-state index contributed by atoms with van der Waals surface area (Å²) >= 11 is 5.66. The number of fused-ring (bicyclic) bond motifs is 1. The van der Waals surface area contributed by atoms with E-state index in [0.717, 1.165) is 0 Å². The van der Waals surface area contributed by atoms with E-state index in [9.17, 15) is 0 Å². The molecule has 10 heavy (non-hydrogen) atoms. The molecule has 2 heterocycles. The van der Waals surface area contributed by atoms with Crippen molar-refractivity contribution in [1.29, 1.82) is 0 Å². The monoisotopic (exact) mass is 153 g/mol. The van der Waals surface area contributed by atoms with Crippen LogP contribution >= 0.6 is 11.6 Å². The van der Waals surface area contributed by atoms with Gasteiger partial charge < -0.3 is 0 Å². The molecule has 0 fully saturated rings. The van der Waals surface area contributed by atoms with Gasteiger partial charge in [-0.05, 0) is 16.6 Å². The fraction of sp³-hybridized carbons (Fsp3) is 0. The highest BCUT2D eigenvalue weighted by atomic mass is 35.5. The van der Waals surface area contributed by atoms with Crippen LogP contribution in [0.3, 0.4) is 0 Å². The molecular formula is C5H2ClN4+. The second-order valence-corrected chi connectivity index (χ2v) is 2.07. The van der Waals surface area contributed by atoms with Gasteiger partial charge in [0, 0.05) is 0 Å². The van der Waals surface area contributed by atoms with Gasteiger partial charge in [0.1, 0.15) is 6.33 Å². The zero-order valence-electron chi connectivity index (χ0n) is 4.80. The molecule has 0 radical (unpaired) electrons. The van der Waals surface area contributed by atoms with Crippen LogP contribution in [0.5, 0.6) is 0 Å². The molecule has 1 aromatic heterocycles. The molecule has 1 aromatic rings. The van der Waals surface area contributed by atoms with Gasteiger partial charge in [0.25, 0.3) is 12.0 Å². The number of aliphatic imine (C=N–C) groups is 1. The van der Waals surface area contributed by atoms with Crippen molar-refractivity contribution in [3.8, 4) is 0 Å². The van der Waals surface area contributed by atoms with E-state index in [0.29, 0.717) is 16.7 Å². The SMILES string of the molecule is Clc1ncnc2c1N[C+]=N2. The van der Waals surface area contributed by atoms with Crippen LogP contribution in [0, 0.1) is 0 Å². The molecule has 0 saturated carbocycles. The quantitative estimate of drug-likeness (QED) is 0.449. The van der Waals surface area contributed by atoms with Crippen molar-refractivity contribution in [1.82, 2.24) is 9.97 Å². The molecule has 0 spiro atoms. The van der Waals surface area contributed by atoms with E-state index >= 15 is 0 Å². The summed E-state index contributed by atoms with van der Waals surface area (Å²) in [4.78, 5) is 11.3. The average molecular weight is 154 g/mol. The van der Waals surface area contributed by atoms with Gasteiger partial charge in [0.05, 0.1) is 0 Å². The minimum absolute atomic E-state index is 0.374. The summed E-state index contributed by atoms with van der Waals surface area (Å²) in [7, 11) is 0. The van der Waals surface area contributed by atoms with E-state index < -0.39 is 0 Å². The first-order valence-corrected chi connectivity index (χ1v) is 2.98. The topological polar surface area (TPSA) is 50.2 Å². The summed E-state index contributed by atoms with van der Waals surface area (Å²) in [5.41, 5.74) is 0.629. The highest BCUT2D eigenvalue weighted by molar-refractivity contribution is 6.33. The van der Waals surface area contributed by atoms with Crippen LogP contribution in [0.1, 0.15) is 0 Å². The van der Waals surface area contributed by atoms with Crippen molar-refractivity contribution in [3.05, 3.63) is 11.5 Å². The highest BCUT2D eigenvalue weighted by Gasteiger charge is 2.24. The molecule has 1 N–H and O–H groups in total. The van der Waals surface area contributed by atoms with E-state index in [-0.39, 0.29) is 0 Å². The smallest absolute Gasteiger partial charge is 0.206 e. The summed E-state index contributed by atoms with van der Waals surface area (Å²) in [5.74, 6) is 0.542. The van der Waals surface area contributed by atoms with Crippen LogP contribution in [0.15, 0.2) is 11.3 Å². The summed E-state index contributed by atoms with van der Waals surface area (Å²) in [6.07, 6.45) is 3.88. The molecule has 0 atom stereocenters. The molecule has 0 unspecified atom stereocenters. The number of rotatable bonds is 0. The molecule has 0 aliphatic carbocycles. The van der Waals surface area contributed by atoms with Crippen molar-refractivity contribution < 1.29 is 0 Å².